The number of phenolic OH excluding ortho intramolecular Hbond substituents is 1. The number of hydrogen-bond donors (Lipinski definition) is 1. The summed E-state index contributed by atoms with van der Waals surface area (Å²) >= 11 is 5.70. The van der Waals surface area contributed by atoms with Gasteiger partial charge in [-0.15, -0.1) is 0 Å². The van der Waals surface area contributed by atoms with E-state index in [2.05, 4.69) is 0 Å². The largest absolute Gasteiger partial charge is 0.506 e. The number of carbonyl (C=O) groups excluding carboxylic acids is 1. The molecule has 0 spiro atoms. The summed E-state index contributed by atoms with van der Waals surface area (Å²) in [6.45, 7) is 1.86. The van der Waals surface area contributed by atoms with Crippen LogP contribution in [0.3, 0.4) is 0 Å². The zero-order chi connectivity index (χ0) is 12.8. The number of nitrogens with zero attached hydrogens (tertiary/aromatic N) is 1. The summed E-state index contributed by atoms with van der Waals surface area (Å²) in [4.78, 5) is 11.3. The molecule has 0 atom stereocenters. The molecule has 88 valence electrons. The molecule has 0 aliphatic rings. The van der Waals surface area contributed by atoms with E-state index in [0.29, 0.717) is 5.56 Å². The third-order valence-corrected chi connectivity index (χ3v) is 2.20. The smallest absolute Gasteiger partial charge is 0.348 e. The molecular weight excluding hydrogens is 242 g/mol. The maximum atomic E-state index is 11.3. The lowest BCUT2D eigenvalue weighted by molar-refractivity contribution is -0.137. The van der Waals surface area contributed by atoms with Gasteiger partial charge in [0, 0.05) is 0 Å². The van der Waals surface area contributed by atoms with Gasteiger partial charge in [0.2, 0.25) is 0 Å². The Hall–Kier alpha value is -1.99. The Bertz CT molecular complexity index is 503. The molecule has 4 nitrogen and oxygen atoms in total. The van der Waals surface area contributed by atoms with Gasteiger partial charge in [0.15, 0.2) is 0 Å². The zero-order valence-electron chi connectivity index (χ0n) is 9.11. The van der Waals surface area contributed by atoms with Gasteiger partial charge in [0.1, 0.15) is 17.4 Å². The summed E-state index contributed by atoms with van der Waals surface area (Å²) in [6, 6.07) is 6.12. The first-order valence-corrected chi connectivity index (χ1v) is 5.23. The molecule has 0 radical (unpaired) electrons. The molecule has 0 aliphatic carbocycles. The van der Waals surface area contributed by atoms with Crippen molar-refractivity contribution in [3.63, 3.8) is 0 Å². The summed E-state index contributed by atoms with van der Waals surface area (Å²) in [5.41, 5.74) is 0.422. The summed E-state index contributed by atoms with van der Waals surface area (Å²) in [6.07, 6.45) is 1.35. The minimum Gasteiger partial charge on any atom is -0.506 e. The molecule has 0 aliphatic heterocycles. The Morgan fingerprint density at radius 2 is 2.35 bits per heavy atom. The van der Waals surface area contributed by atoms with Crippen LogP contribution in [-0.2, 0) is 9.53 Å². The number of hydrogen-bond acceptors (Lipinski definition) is 4. The number of aromatic hydroxyl groups is 1. The first-order valence-electron chi connectivity index (χ1n) is 4.86. The second-order valence-corrected chi connectivity index (χ2v) is 3.51. The molecule has 1 aromatic carbocycles. The van der Waals surface area contributed by atoms with E-state index in [-0.39, 0.29) is 23.0 Å². The minimum atomic E-state index is -0.681. The van der Waals surface area contributed by atoms with Gasteiger partial charge >= 0.3 is 5.97 Å². The summed E-state index contributed by atoms with van der Waals surface area (Å²) in [7, 11) is 0. The lowest BCUT2D eigenvalue weighted by atomic mass is 10.1. The molecule has 1 rings (SSSR count). The molecule has 0 saturated heterocycles. The summed E-state index contributed by atoms with van der Waals surface area (Å²) in [5.74, 6) is -0.738. The number of esters is 1. The molecule has 0 heterocycles. The van der Waals surface area contributed by atoms with Gasteiger partial charge in [-0.05, 0) is 30.7 Å². The highest BCUT2D eigenvalue weighted by atomic mass is 35.5. The number of rotatable bonds is 3. The molecule has 1 N–H and O–H groups in total. The van der Waals surface area contributed by atoms with Crippen molar-refractivity contribution in [2.24, 2.45) is 0 Å². The fraction of sp³-hybridized carbons (Fsp3) is 0.167. The second kappa shape index (κ2) is 5.92. The Balaban J connectivity index is 3.03. The molecule has 5 heteroatoms. The van der Waals surface area contributed by atoms with Crippen LogP contribution in [0, 0.1) is 11.3 Å². The molecule has 0 aromatic heterocycles. The van der Waals surface area contributed by atoms with Crippen LogP contribution in [0.25, 0.3) is 6.08 Å². The van der Waals surface area contributed by atoms with Crippen molar-refractivity contribution < 1.29 is 14.6 Å². The van der Waals surface area contributed by atoms with Crippen molar-refractivity contribution in [1.29, 1.82) is 5.26 Å². The van der Waals surface area contributed by atoms with E-state index in [1.807, 2.05) is 0 Å². The third kappa shape index (κ3) is 3.51. The second-order valence-electron chi connectivity index (χ2n) is 3.10. The molecule has 0 bridgehead atoms. The van der Waals surface area contributed by atoms with Gasteiger partial charge in [-0.2, -0.15) is 5.26 Å². The van der Waals surface area contributed by atoms with Crippen LogP contribution in [0.4, 0.5) is 0 Å². The van der Waals surface area contributed by atoms with E-state index in [9.17, 15) is 9.90 Å². The maximum absolute atomic E-state index is 11.3. The lowest BCUT2D eigenvalue weighted by Gasteiger charge is -2.01. The monoisotopic (exact) mass is 251 g/mol. The number of benzene rings is 1. The predicted molar refractivity (Wildman–Crippen MR) is 63.3 cm³/mol. The molecule has 1 aromatic rings. The molecule has 0 unspecified atom stereocenters. The molecule has 17 heavy (non-hydrogen) atoms. The standard InChI is InChI=1S/C12H10ClNO3/c1-2-17-12(16)9(7-14)5-8-3-4-11(15)10(13)6-8/h3-6,15H,2H2,1H3/b9-5-. The van der Waals surface area contributed by atoms with Crippen LogP contribution < -0.4 is 0 Å². The zero-order valence-corrected chi connectivity index (χ0v) is 9.86. The fourth-order valence-electron chi connectivity index (χ4n) is 1.13. The Morgan fingerprint density at radius 3 is 2.88 bits per heavy atom. The maximum Gasteiger partial charge on any atom is 0.348 e. The van der Waals surface area contributed by atoms with E-state index in [1.165, 1.54) is 24.3 Å². The topological polar surface area (TPSA) is 70.3 Å². The average Bonchev–Trinajstić information content (AvgIpc) is 2.30. The molecular formula is C12H10ClNO3. The Kier molecular flexibility index (Phi) is 4.56. The summed E-state index contributed by atoms with van der Waals surface area (Å²) in [5, 5.41) is 18.2. The Morgan fingerprint density at radius 1 is 1.65 bits per heavy atom. The van der Waals surface area contributed by atoms with Crippen LogP contribution in [0.1, 0.15) is 12.5 Å². The van der Waals surface area contributed by atoms with Gasteiger partial charge in [0.25, 0.3) is 0 Å². The van der Waals surface area contributed by atoms with Gasteiger partial charge in [-0.3, -0.25) is 0 Å². The fourth-order valence-corrected chi connectivity index (χ4v) is 1.31. The van der Waals surface area contributed by atoms with Crippen molar-refractivity contribution in [2.45, 2.75) is 6.92 Å². The van der Waals surface area contributed by atoms with Crippen molar-refractivity contribution in [3.05, 3.63) is 34.4 Å². The lowest BCUT2D eigenvalue weighted by Crippen LogP contribution is -2.05. The number of nitriles is 1. The highest BCUT2D eigenvalue weighted by molar-refractivity contribution is 6.32. The molecule has 0 saturated carbocycles. The predicted octanol–water partition coefficient (Wildman–Crippen LogP) is 2.52. The highest BCUT2D eigenvalue weighted by Gasteiger charge is 2.10. The Labute approximate surface area is 104 Å². The highest BCUT2D eigenvalue weighted by Crippen LogP contribution is 2.24. The van der Waals surface area contributed by atoms with Crippen LogP contribution in [0.5, 0.6) is 5.75 Å². The molecule has 0 fully saturated rings. The third-order valence-electron chi connectivity index (χ3n) is 1.90. The van der Waals surface area contributed by atoms with Gasteiger partial charge in [-0.25, -0.2) is 4.79 Å². The number of carbonyl (C=O) groups is 1. The van der Waals surface area contributed by atoms with E-state index >= 15 is 0 Å². The average molecular weight is 252 g/mol. The van der Waals surface area contributed by atoms with Crippen molar-refractivity contribution in [2.75, 3.05) is 6.61 Å². The van der Waals surface area contributed by atoms with E-state index in [0.717, 1.165) is 0 Å². The number of phenols is 1. The van der Waals surface area contributed by atoms with Crippen LogP contribution in [-0.4, -0.2) is 17.7 Å². The minimum absolute atomic E-state index is 0.0570. The van der Waals surface area contributed by atoms with Gasteiger partial charge in [0.05, 0.1) is 11.6 Å². The first-order chi connectivity index (χ1) is 8.08. The first kappa shape index (κ1) is 13.1. The normalized spacial score (nSPS) is 10.8. The quantitative estimate of drug-likeness (QED) is 0.509. The van der Waals surface area contributed by atoms with Crippen LogP contribution in [0.15, 0.2) is 23.8 Å². The van der Waals surface area contributed by atoms with Crippen LogP contribution in [0.2, 0.25) is 5.02 Å². The van der Waals surface area contributed by atoms with Crippen molar-refractivity contribution >= 4 is 23.6 Å². The van der Waals surface area contributed by atoms with Crippen LogP contribution >= 0.6 is 11.6 Å². The van der Waals surface area contributed by atoms with Gasteiger partial charge in [-0.1, -0.05) is 17.7 Å². The molecule has 0 amide bonds. The van der Waals surface area contributed by atoms with E-state index < -0.39 is 5.97 Å². The van der Waals surface area contributed by atoms with Crippen molar-refractivity contribution in [1.82, 2.24) is 0 Å². The number of ether oxygens (including phenoxy) is 1. The summed E-state index contributed by atoms with van der Waals surface area (Å²) < 4.78 is 4.71. The van der Waals surface area contributed by atoms with E-state index in [4.69, 9.17) is 21.6 Å². The van der Waals surface area contributed by atoms with E-state index in [1.54, 1.807) is 13.0 Å². The van der Waals surface area contributed by atoms with Crippen molar-refractivity contribution in [3.8, 4) is 11.8 Å². The van der Waals surface area contributed by atoms with Gasteiger partial charge < -0.3 is 9.84 Å². The SMILES string of the molecule is CCOC(=O)/C(C#N)=C\c1ccc(O)c(Cl)c1. The number of halogens is 1.